The molecule has 0 bridgehead atoms. The quantitative estimate of drug-likeness (QED) is 0.105. The van der Waals surface area contributed by atoms with Gasteiger partial charge in [-0.1, -0.05) is 181 Å². The number of anilines is 3. The molecule has 58 heavy (non-hydrogen) atoms. The van der Waals surface area contributed by atoms with E-state index in [1.807, 2.05) is 0 Å². The van der Waals surface area contributed by atoms with E-state index in [9.17, 15) is 0 Å². The molecular formula is C55H42N2Si. The van der Waals surface area contributed by atoms with Crippen LogP contribution in [-0.4, -0.2) is 12.6 Å². The molecule has 10 rings (SSSR count). The summed E-state index contributed by atoms with van der Waals surface area (Å²) in [5, 5.41) is 7.89. The van der Waals surface area contributed by atoms with Gasteiger partial charge in [0.05, 0.1) is 11.0 Å². The average molecular weight is 759 g/mol. The SMILES string of the molecule is Cc1ccc(-n2c3ccccc3c3cc(N(c4ccc(-c5ccccc5)cc4)c4ccc([Si](c5ccccc5)(c5ccccc5)c5ccccc5)cc4)ccc32)cc1. The summed E-state index contributed by atoms with van der Waals surface area (Å²) < 4.78 is 2.39. The molecule has 1 aromatic heterocycles. The van der Waals surface area contributed by atoms with Crippen molar-refractivity contribution in [2.75, 3.05) is 4.90 Å². The summed E-state index contributed by atoms with van der Waals surface area (Å²) >= 11 is 0. The maximum Gasteiger partial charge on any atom is 0.179 e. The molecule has 0 radical (unpaired) electrons. The molecule has 3 heteroatoms. The van der Waals surface area contributed by atoms with Gasteiger partial charge in [-0.25, -0.2) is 0 Å². The van der Waals surface area contributed by atoms with Crippen LogP contribution < -0.4 is 25.6 Å². The molecule has 0 N–H and O–H groups in total. The fourth-order valence-electron chi connectivity index (χ4n) is 8.88. The number of para-hydroxylation sites is 1. The predicted molar refractivity (Wildman–Crippen MR) is 249 cm³/mol. The van der Waals surface area contributed by atoms with Crippen LogP contribution in [0.2, 0.25) is 0 Å². The third kappa shape index (κ3) is 6.14. The first-order valence-electron chi connectivity index (χ1n) is 20.0. The van der Waals surface area contributed by atoms with E-state index in [1.54, 1.807) is 0 Å². The van der Waals surface area contributed by atoms with E-state index in [4.69, 9.17) is 0 Å². The van der Waals surface area contributed by atoms with Crippen LogP contribution in [0.5, 0.6) is 0 Å². The molecule has 0 unspecified atom stereocenters. The Kier molecular flexibility index (Phi) is 9.13. The monoisotopic (exact) mass is 758 g/mol. The fraction of sp³-hybridized carbons (Fsp3) is 0.0182. The molecule has 0 aliphatic heterocycles. The topological polar surface area (TPSA) is 8.17 Å². The smallest absolute Gasteiger partial charge is 0.179 e. The maximum absolute atomic E-state index is 2.68. The number of hydrogen-bond donors (Lipinski definition) is 0. The van der Waals surface area contributed by atoms with Crippen molar-refractivity contribution in [1.82, 2.24) is 4.57 Å². The van der Waals surface area contributed by atoms with Crippen molar-refractivity contribution in [3.63, 3.8) is 0 Å². The van der Waals surface area contributed by atoms with E-state index in [0.717, 1.165) is 22.7 Å². The summed E-state index contributed by atoms with van der Waals surface area (Å²) in [6, 6.07) is 87.0. The lowest BCUT2D eigenvalue weighted by atomic mass is 10.0. The van der Waals surface area contributed by atoms with E-state index >= 15 is 0 Å². The molecule has 0 aliphatic rings. The zero-order valence-corrected chi connectivity index (χ0v) is 33.4. The van der Waals surface area contributed by atoms with Gasteiger partial charge in [0.1, 0.15) is 0 Å². The largest absolute Gasteiger partial charge is 0.310 e. The van der Waals surface area contributed by atoms with Crippen molar-refractivity contribution in [1.29, 1.82) is 0 Å². The lowest BCUT2D eigenvalue weighted by Gasteiger charge is -2.35. The number of hydrogen-bond acceptors (Lipinski definition) is 1. The van der Waals surface area contributed by atoms with Gasteiger partial charge in [0.25, 0.3) is 0 Å². The number of rotatable bonds is 9. The summed E-state index contributed by atoms with van der Waals surface area (Å²) in [6.07, 6.45) is 0. The Hall–Kier alpha value is -7.20. The Morgan fingerprint density at radius 1 is 0.345 bits per heavy atom. The molecule has 2 nitrogen and oxygen atoms in total. The highest BCUT2D eigenvalue weighted by atomic mass is 28.3. The van der Waals surface area contributed by atoms with Crippen LogP contribution in [0.3, 0.4) is 0 Å². The number of nitrogens with zero attached hydrogens (tertiary/aromatic N) is 2. The molecule has 0 amide bonds. The molecular weight excluding hydrogens is 717 g/mol. The molecule has 276 valence electrons. The lowest BCUT2D eigenvalue weighted by Crippen LogP contribution is -2.74. The van der Waals surface area contributed by atoms with Crippen molar-refractivity contribution >= 4 is 67.7 Å². The zero-order chi connectivity index (χ0) is 38.9. The van der Waals surface area contributed by atoms with Gasteiger partial charge >= 0.3 is 0 Å². The molecule has 1 heterocycles. The van der Waals surface area contributed by atoms with Crippen molar-refractivity contribution in [2.45, 2.75) is 6.92 Å². The third-order valence-electron chi connectivity index (χ3n) is 11.6. The Morgan fingerprint density at radius 2 is 0.776 bits per heavy atom. The predicted octanol–water partition coefficient (Wildman–Crippen LogP) is 11.6. The average Bonchev–Trinajstić information content (AvgIpc) is 3.63. The van der Waals surface area contributed by atoms with Crippen LogP contribution in [0.15, 0.2) is 237 Å². The summed E-state index contributed by atoms with van der Waals surface area (Å²) in [7, 11) is -2.68. The van der Waals surface area contributed by atoms with Crippen LogP contribution in [0, 0.1) is 6.92 Å². The highest BCUT2D eigenvalue weighted by Crippen LogP contribution is 2.40. The maximum atomic E-state index is 2.41. The number of benzene rings is 9. The molecule has 0 aliphatic carbocycles. The van der Waals surface area contributed by atoms with Gasteiger partial charge in [0.15, 0.2) is 8.07 Å². The summed E-state index contributed by atoms with van der Waals surface area (Å²) in [5.41, 5.74) is 10.5. The van der Waals surface area contributed by atoms with Gasteiger partial charge in [-0.3, -0.25) is 0 Å². The summed E-state index contributed by atoms with van der Waals surface area (Å²) in [4.78, 5) is 2.41. The van der Waals surface area contributed by atoms with E-state index in [0.29, 0.717) is 0 Å². The van der Waals surface area contributed by atoms with Gasteiger partial charge in [-0.05, 0) is 99.5 Å². The highest BCUT2D eigenvalue weighted by molar-refractivity contribution is 7.19. The molecule has 0 saturated heterocycles. The van der Waals surface area contributed by atoms with Crippen LogP contribution in [0.25, 0.3) is 38.6 Å². The Morgan fingerprint density at radius 3 is 1.34 bits per heavy atom. The van der Waals surface area contributed by atoms with Gasteiger partial charge in [-0.15, -0.1) is 0 Å². The third-order valence-corrected chi connectivity index (χ3v) is 16.4. The van der Waals surface area contributed by atoms with E-state index in [2.05, 4.69) is 253 Å². The van der Waals surface area contributed by atoms with Crippen LogP contribution >= 0.6 is 0 Å². The first kappa shape index (κ1) is 35.2. The number of fused-ring (bicyclic) bond motifs is 3. The first-order chi connectivity index (χ1) is 28.7. The van der Waals surface area contributed by atoms with Gasteiger partial charge < -0.3 is 9.47 Å². The molecule has 0 atom stereocenters. The zero-order valence-electron chi connectivity index (χ0n) is 32.4. The van der Waals surface area contributed by atoms with E-state index < -0.39 is 8.07 Å². The van der Waals surface area contributed by atoms with Gasteiger partial charge in [0.2, 0.25) is 0 Å². The number of aryl methyl sites for hydroxylation is 1. The Labute approximate surface area is 341 Å². The molecule has 0 spiro atoms. The van der Waals surface area contributed by atoms with E-state index in [-0.39, 0.29) is 0 Å². The lowest BCUT2D eigenvalue weighted by molar-refractivity contribution is 1.17. The molecule has 9 aromatic carbocycles. The van der Waals surface area contributed by atoms with Crippen LogP contribution in [0.4, 0.5) is 17.1 Å². The minimum absolute atomic E-state index is 1.10. The Balaban J connectivity index is 1.16. The number of aromatic nitrogens is 1. The minimum Gasteiger partial charge on any atom is -0.310 e. The van der Waals surface area contributed by atoms with Gasteiger partial charge in [0, 0.05) is 33.5 Å². The second-order valence-electron chi connectivity index (χ2n) is 15.0. The molecule has 0 saturated carbocycles. The summed E-state index contributed by atoms with van der Waals surface area (Å²) in [6.45, 7) is 2.14. The van der Waals surface area contributed by atoms with E-state index in [1.165, 1.54) is 59.2 Å². The molecule has 10 aromatic rings. The van der Waals surface area contributed by atoms with Gasteiger partial charge in [-0.2, -0.15) is 0 Å². The fourth-order valence-corrected chi connectivity index (χ4v) is 13.6. The van der Waals surface area contributed by atoms with Crippen molar-refractivity contribution < 1.29 is 0 Å². The van der Waals surface area contributed by atoms with Crippen LogP contribution in [0.1, 0.15) is 5.56 Å². The second kappa shape index (κ2) is 15.0. The molecule has 0 fully saturated rings. The first-order valence-corrected chi connectivity index (χ1v) is 22.0. The highest BCUT2D eigenvalue weighted by Gasteiger charge is 2.41. The summed E-state index contributed by atoms with van der Waals surface area (Å²) in [5.74, 6) is 0. The van der Waals surface area contributed by atoms with Crippen molar-refractivity contribution in [3.05, 3.63) is 242 Å². The minimum atomic E-state index is -2.68. The second-order valence-corrected chi connectivity index (χ2v) is 18.8. The van der Waals surface area contributed by atoms with Crippen molar-refractivity contribution in [3.8, 4) is 16.8 Å². The van der Waals surface area contributed by atoms with Crippen molar-refractivity contribution in [2.24, 2.45) is 0 Å². The standard InChI is InChI=1S/C55H42N2Si/c1-41-26-30-46(31-27-41)57-54-25-15-14-24-52(54)53-40-47(36-39-55(53)57)56(44-32-28-43(29-33-44)42-16-6-2-7-17-42)45-34-37-51(38-35-45)58(48-18-8-3-9-19-48,49-20-10-4-11-21-49)50-22-12-5-13-23-50/h2-40H,1H3. The van der Waals surface area contributed by atoms with Crippen LogP contribution in [-0.2, 0) is 0 Å². The normalized spacial score (nSPS) is 11.5. The Bertz CT molecular complexity index is 2860.